The molecule has 2 aromatic carbocycles. The highest BCUT2D eigenvalue weighted by molar-refractivity contribution is 5.76. The molecule has 0 spiro atoms. The highest BCUT2D eigenvalue weighted by atomic mass is 19.1. The standard InChI is InChI=1S/C30H41FO3/c1-3-5-7-8-9-11-19-33-27-16-13-24(14-17-27)25-15-18-29(28(31)22-25)34-30(32)26-20-23(21-26)12-10-6-4-2/h13-18,22-23,26H,3-12,19-21H2,1-2H3. The summed E-state index contributed by atoms with van der Waals surface area (Å²) in [6.45, 7) is 5.15. The van der Waals surface area contributed by atoms with Crippen LogP contribution < -0.4 is 9.47 Å². The monoisotopic (exact) mass is 468 g/mol. The van der Waals surface area contributed by atoms with E-state index < -0.39 is 5.82 Å². The quantitative estimate of drug-likeness (QED) is 0.149. The van der Waals surface area contributed by atoms with E-state index >= 15 is 0 Å². The van der Waals surface area contributed by atoms with E-state index in [1.165, 1.54) is 63.9 Å². The maximum atomic E-state index is 14.7. The largest absolute Gasteiger partial charge is 0.494 e. The Morgan fingerprint density at radius 1 is 0.853 bits per heavy atom. The normalized spacial score (nSPS) is 17.3. The van der Waals surface area contributed by atoms with Gasteiger partial charge in [0.05, 0.1) is 12.5 Å². The Kier molecular flexibility index (Phi) is 10.9. The number of ether oxygens (including phenoxy) is 2. The molecule has 0 radical (unpaired) electrons. The van der Waals surface area contributed by atoms with Crippen LogP contribution >= 0.6 is 0 Å². The number of carbonyl (C=O) groups is 1. The van der Waals surface area contributed by atoms with Gasteiger partial charge in [0.15, 0.2) is 11.6 Å². The van der Waals surface area contributed by atoms with E-state index in [-0.39, 0.29) is 17.6 Å². The lowest BCUT2D eigenvalue weighted by molar-refractivity contribution is -0.143. The molecule has 4 heteroatoms. The van der Waals surface area contributed by atoms with Gasteiger partial charge in [0, 0.05) is 0 Å². The Hall–Kier alpha value is -2.36. The van der Waals surface area contributed by atoms with Gasteiger partial charge < -0.3 is 9.47 Å². The Morgan fingerprint density at radius 2 is 1.50 bits per heavy atom. The lowest BCUT2D eigenvalue weighted by atomic mass is 9.72. The van der Waals surface area contributed by atoms with Crippen LogP contribution in [-0.4, -0.2) is 12.6 Å². The number of rotatable bonds is 15. The Bertz CT molecular complexity index is 871. The van der Waals surface area contributed by atoms with E-state index in [0.29, 0.717) is 5.92 Å². The van der Waals surface area contributed by atoms with Crippen LogP contribution in [0.1, 0.15) is 90.9 Å². The molecule has 0 bridgehead atoms. The van der Waals surface area contributed by atoms with Crippen LogP contribution in [0.3, 0.4) is 0 Å². The van der Waals surface area contributed by atoms with Gasteiger partial charge in [-0.1, -0.05) is 89.8 Å². The SMILES string of the molecule is CCCCCCCCOc1ccc(-c2ccc(OC(=O)C3CC(CCCCC)C3)c(F)c2)cc1. The zero-order chi connectivity index (χ0) is 24.2. The summed E-state index contributed by atoms with van der Waals surface area (Å²) < 4.78 is 25.9. The second-order valence-electron chi connectivity index (χ2n) is 9.74. The van der Waals surface area contributed by atoms with Gasteiger partial charge in [-0.15, -0.1) is 0 Å². The van der Waals surface area contributed by atoms with E-state index in [0.717, 1.165) is 42.7 Å². The first-order chi connectivity index (χ1) is 16.6. The topological polar surface area (TPSA) is 35.5 Å². The van der Waals surface area contributed by atoms with Gasteiger partial charge in [0.2, 0.25) is 0 Å². The van der Waals surface area contributed by atoms with Crippen molar-refractivity contribution in [2.24, 2.45) is 11.8 Å². The van der Waals surface area contributed by atoms with Crippen LogP contribution in [0.25, 0.3) is 11.1 Å². The molecule has 0 aromatic heterocycles. The number of unbranched alkanes of at least 4 members (excludes halogenated alkanes) is 7. The number of halogens is 1. The molecule has 1 aliphatic rings. The average Bonchev–Trinajstić information content (AvgIpc) is 2.81. The summed E-state index contributed by atoms with van der Waals surface area (Å²) in [4.78, 5) is 12.4. The maximum Gasteiger partial charge on any atom is 0.314 e. The predicted octanol–water partition coefficient (Wildman–Crippen LogP) is 8.74. The van der Waals surface area contributed by atoms with Crippen LogP contribution in [0.5, 0.6) is 11.5 Å². The highest BCUT2D eigenvalue weighted by Crippen LogP contribution is 2.38. The molecule has 1 fully saturated rings. The third-order valence-corrected chi connectivity index (χ3v) is 6.88. The van der Waals surface area contributed by atoms with Crippen molar-refractivity contribution < 1.29 is 18.7 Å². The summed E-state index contributed by atoms with van der Waals surface area (Å²) in [5.41, 5.74) is 1.65. The molecule has 0 amide bonds. The van der Waals surface area contributed by atoms with Crippen molar-refractivity contribution in [3.05, 3.63) is 48.3 Å². The summed E-state index contributed by atoms with van der Waals surface area (Å²) in [6, 6.07) is 12.5. The molecule has 1 aliphatic carbocycles. The molecule has 3 nitrogen and oxygen atoms in total. The first kappa shape index (κ1) is 26.2. The lowest BCUT2D eigenvalue weighted by Gasteiger charge is -2.33. The van der Waals surface area contributed by atoms with Gasteiger partial charge >= 0.3 is 5.97 Å². The van der Waals surface area contributed by atoms with Crippen molar-refractivity contribution >= 4 is 5.97 Å². The number of carbonyl (C=O) groups excluding carboxylic acids is 1. The van der Waals surface area contributed by atoms with E-state index in [1.807, 2.05) is 24.3 Å². The molecule has 0 N–H and O–H groups in total. The molecule has 34 heavy (non-hydrogen) atoms. The summed E-state index contributed by atoms with van der Waals surface area (Å²) in [6.07, 6.45) is 14.0. The van der Waals surface area contributed by atoms with Crippen molar-refractivity contribution in [2.45, 2.75) is 90.9 Å². The third kappa shape index (κ3) is 8.14. The highest BCUT2D eigenvalue weighted by Gasteiger charge is 2.35. The molecule has 2 aromatic rings. The van der Waals surface area contributed by atoms with E-state index in [2.05, 4.69) is 13.8 Å². The van der Waals surface area contributed by atoms with Gasteiger partial charge in [0.1, 0.15) is 5.75 Å². The third-order valence-electron chi connectivity index (χ3n) is 6.88. The van der Waals surface area contributed by atoms with Gasteiger partial charge in [-0.25, -0.2) is 4.39 Å². The first-order valence-electron chi connectivity index (χ1n) is 13.3. The van der Waals surface area contributed by atoms with Crippen LogP contribution in [0.15, 0.2) is 42.5 Å². The molecule has 0 aliphatic heterocycles. The van der Waals surface area contributed by atoms with Gasteiger partial charge in [-0.3, -0.25) is 4.79 Å². The van der Waals surface area contributed by atoms with E-state index in [1.54, 1.807) is 12.1 Å². The molecule has 0 saturated heterocycles. The van der Waals surface area contributed by atoms with Crippen LogP contribution in [0.2, 0.25) is 0 Å². The number of benzene rings is 2. The number of hydrogen-bond donors (Lipinski definition) is 0. The van der Waals surface area contributed by atoms with Crippen LogP contribution in [-0.2, 0) is 4.79 Å². The fourth-order valence-corrected chi connectivity index (χ4v) is 4.62. The fraction of sp³-hybridized carbons (Fsp3) is 0.567. The smallest absolute Gasteiger partial charge is 0.314 e. The minimum atomic E-state index is -0.506. The molecule has 0 unspecified atom stereocenters. The molecular formula is C30H41FO3. The summed E-state index contributed by atoms with van der Waals surface area (Å²) in [5, 5.41) is 0. The van der Waals surface area contributed by atoms with Crippen molar-refractivity contribution in [3.8, 4) is 22.6 Å². The molecule has 1 saturated carbocycles. The summed E-state index contributed by atoms with van der Waals surface area (Å²) in [7, 11) is 0. The van der Waals surface area contributed by atoms with Crippen LogP contribution in [0, 0.1) is 17.7 Å². The van der Waals surface area contributed by atoms with Crippen molar-refractivity contribution in [1.82, 2.24) is 0 Å². The Labute approximate surface area is 205 Å². The van der Waals surface area contributed by atoms with Gasteiger partial charge in [-0.05, 0) is 60.6 Å². The Balaban J connectivity index is 1.43. The zero-order valence-electron chi connectivity index (χ0n) is 21.0. The Morgan fingerprint density at radius 3 is 2.21 bits per heavy atom. The van der Waals surface area contributed by atoms with E-state index in [9.17, 15) is 9.18 Å². The number of hydrogen-bond acceptors (Lipinski definition) is 3. The van der Waals surface area contributed by atoms with Crippen molar-refractivity contribution in [3.63, 3.8) is 0 Å². The molecule has 0 heterocycles. The fourth-order valence-electron chi connectivity index (χ4n) is 4.62. The van der Waals surface area contributed by atoms with Gasteiger partial charge in [0.25, 0.3) is 0 Å². The van der Waals surface area contributed by atoms with Crippen LogP contribution in [0.4, 0.5) is 4.39 Å². The van der Waals surface area contributed by atoms with E-state index in [4.69, 9.17) is 9.47 Å². The minimum Gasteiger partial charge on any atom is -0.494 e. The maximum absolute atomic E-state index is 14.7. The molecule has 3 rings (SSSR count). The zero-order valence-corrected chi connectivity index (χ0v) is 21.0. The number of esters is 1. The summed E-state index contributed by atoms with van der Waals surface area (Å²) >= 11 is 0. The molecule has 0 atom stereocenters. The second-order valence-corrected chi connectivity index (χ2v) is 9.74. The van der Waals surface area contributed by atoms with Crippen molar-refractivity contribution in [2.75, 3.05) is 6.61 Å². The van der Waals surface area contributed by atoms with Crippen molar-refractivity contribution in [1.29, 1.82) is 0 Å². The van der Waals surface area contributed by atoms with Gasteiger partial charge in [-0.2, -0.15) is 0 Å². The molecule has 186 valence electrons. The summed E-state index contributed by atoms with van der Waals surface area (Å²) in [5.74, 6) is 0.570. The first-order valence-corrected chi connectivity index (χ1v) is 13.3. The predicted molar refractivity (Wildman–Crippen MR) is 137 cm³/mol. The second kappa shape index (κ2) is 14.1. The molecular weight excluding hydrogens is 427 g/mol. The minimum absolute atomic E-state index is 0.0158. The lowest BCUT2D eigenvalue weighted by Crippen LogP contribution is -2.33. The average molecular weight is 469 g/mol.